The molecule has 1 N–H and O–H groups in total. The van der Waals surface area contributed by atoms with Crippen LogP contribution in [0, 0.1) is 16.0 Å². The summed E-state index contributed by atoms with van der Waals surface area (Å²) in [6, 6.07) is 4.75. The van der Waals surface area contributed by atoms with E-state index in [0.717, 1.165) is 12.5 Å². The molecule has 1 fully saturated rings. The molecule has 1 amide bonds. The second-order valence-electron chi connectivity index (χ2n) is 6.16. The maximum absolute atomic E-state index is 12.2. The Morgan fingerprint density at radius 3 is 2.62 bits per heavy atom. The van der Waals surface area contributed by atoms with Gasteiger partial charge in [0.15, 0.2) is 9.84 Å². The zero-order valence-electron chi connectivity index (χ0n) is 13.4. The predicted molar refractivity (Wildman–Crippen MR) is 89.4 cm³/mol. The topological polar surface area (TPSA) is 106 Å². The van der Waals surface area contributed by atoms with Crippen LogP contribution in [0.1, 0.15) is 38.5 Å². The van der Waals surface area contributed by atoms with E-state index in [-0.39, 0.29) is 10.6 Å². The number of nitrogens with zero attached hydrogens (tertiary/aromatic N) is 1. The van der Waals surface area contributed by atoms with Crippen LogP contribution in [0.2, 0.25) is 0 Å². The average molecular weight is 354 g/mol. The number of hydrogen-bond donors (Lipinski definition) is 1. The molecule has 1 aromatic carbocycles. The molecule has 1 saturated carbocycles. The summed E-state index contributed by atoms with van der Waals surface area (Å²) in [6.45, 7) is 0.466. The van der Waals surface area contributed by atoms with Crippen molar-refractivity contribution in [1.29, 1.82) is 0 Å². The lowest BCUT2D eigenvalue weighted by Crippen LogP contribution is -2.32. The van der Waals surface area contributed by atoms with Crippen LogP contribution in [-0.4, -0.2) is 31.5 Å². The highest BCUT2D eigenvalue weighted by atomic mass is 32.2. The van der Waals surface area contributed by atoms with Gasteiger partial charge in [0.25, 0.3) is 5.69 Å². The van der Waals surface area contributed by atoms with Gasteiger partial charge < -0.3 is 5.32 Å². The first-order valence-electron chi connectivity index (χ1n) is 8.12. The predicted octanol–water partition coefficient (Wildman–Crippen LogP) is 2.46. The number of sulfone groups is 1. The van der Waals surface area contributed by atoms with Gasteiger partial charge in [-0.15, -0.1) is 0 Å². The molecule has 0 spiro atoms. The molecular formula is C16H22N2O5S. The van der Waals surface area contributed by atoms with E-state index >= 15 is 0 Å². The van der Waals surface area contributed by atoms with Crippen molar-refractivity contribution in [2.24, 2.45) is 5.92 Å². The van der Waals surface area contributed by atoms with E-state index in [4.69, 9.17) is 0 Å². The number of carbonyl (C=O) groups excluding carboxylic acids is 1. The number of nitro groups is 1. The molecule has 24 heavy (non-hydrogen) atoms. The fourth-order valence-electron chi connectivity index (χ4n) is 2.99. The van der Waals surface area contributed by atoms with Gasteiger partial charge in [0, 0.05) is 18.7 Å². The van der Waals surface area contributed by atoms with Crippen molar-refractivity contribution in [3.8, 4) is 0 Å². The summed E-state index contributed by atoms with van der Waals surface area (Å²) in [4.78, 5) is 21.7. The Balaban J connectivity index is 1.87. The number of rotatable bonds is 7. The van der Waals surface area contributed by atoms with E-state index in [0.29, 0.717) is 12.5 Å². The summed E-state index contributed by atoms with van der Waals surface area (Å²) in [7, 11) is -3.89. The first kappa shape index (κ1) is 18.4. The normalized spacial score (nSPS) is 15.8. The van der Waals surface area contributed by atoms with Crippen LogP contribution < -0.4 is 5.32 Å². The number of non-ortho nitro benzene ring substituents is 1. The third kappa shape index (κ3) is 5.30. The van der Waals surface area contributed by atoms with Crippen LogP contribution in [-0.2, 0) is 14.6 Å². The molecule has 7 nitrogen and oxygen atoms in total. The zero-order chi connectivity index (χ0) is 17.6. The Kier molecular flexibility index (Phi) is 6.30. The minimum atomic E-state index is -3.89. The van der Waals surface area contributed by atoms with Gasteiger partial charge in [-0.2, -0.15) is 0 Å². The second kappa shape index (κ2) is 8.23. The van der Waals surface area contributed by atoms with E-state index in [2.05, 4.69) is 5.32 Å². The van der Waals surface area contributed by atoms with Gasteiger partial charge in [-0.05, 0) is 18.4 Å². The fraction of sp³-hybridized carbons (Fsp3) is 0.562. The van der Waals surface area contributed by atoms with Crippen molar-refractivity contribution in [1.82, 2.24) is 5.32 Å². The third-order valence-corrected chi connectivity index (χ3v) is 5.92. The smallest absolute Gasteiger partial charge is 0.270 e. The summed E-state index contributed by atoms with van der Waals surface area (Å²) in [5, 5.41) is 13.4. The van der Waals surface area contributed by atoms with E-state index in [9.17, 15) is 23.3 Å². The van der Waals surface area contributed by atoms with Crippen molar-refractivity contribution in [3.63, 3.8) is 0 Å². The van der Waals surface area contributed by atoms with Crippen molar-refractivity contribution < 1.29 is 18.1 Å². The van der Waals surface area contributed by atoms with Crippen molar-refractivity contribution in [2.75, 3.05) is 12.3 Å². The van der Waals surface area contributed by atoms with Crippen molar-refractivity contribution >= 4 is 21.4 Å². The molecule has 0 heterocycles. The molecular weight excluding hydrogens is 332 g/mol. The van der Waals surface area contributed by atoms with E-state index in [1.807, 2.05) is 0 Å². The van der Waals surface area contributed by atoms with Gasteiger partial charge in [-0.1, -0.05) is 38.2 Å². The third-order valence-electron chi connectivity index (χ3n) is 4.31. The summed E-state index contributed by atoms with van der Waals surface area (Å²) < 4.78 is 24.4. The Morgan fingerprint density at radius 1 is 1.25 bits per heavy atom. The lowest BCUT2D eigenvalue weighted by molar-refractivity contribution is -0.385. The molecule has 2 rings (SSSR count). The minimum Gasteiger partial charge on any atom is -0.355 e. The molecule has 0 aliphatic heterocycles. The number of amides is 1. The molecule has 132 valence electrons. The highest BCUT2D eigenvalue weighted by molar-refractivity contribution is 7.92. The maximum Gasteiger partial charge on any atom is 0.270 e. The van der Waals surface area contributed by atoms with Gasteiger partial charge >= 0.3 is 0 Å². The van der Waals surface area contributed by atoms with Gasteiger partial charge in [0.05, 0.1) is 9.82 Å². The number of carbonyl (C=O) groups is 1. The summed E-state index contributed by atoms with van der Waals surface area (Å²) >= 11 is 0. The molecule has 0 radical (unpaired) electrons. The van der Waals surface area contributed by atoms with Gasteiger partial charge in [0.2, 0.25) is 5.91 Å². The molecule has 1 aromatic rings. The number of nitrogens with one attached hydrogen (secondary N) is 1. The van der Waals surface area contributed by atoms with Crippen LogP contribution in [0.5, 0.6) is 0 Å². The Morgan fingerprint density at radius 2 is 1.96 bits per heavy atom. The number of benzene rings is 1. The molecule has 0 saturated heterocycles. The molecule has 0 unspecified atom stereocenters. The molecule has 0 bridgehead atoms. The first-order chi connectivity index (χ1) is 11.4. The molecule has 8 heteroatoms. The quantitative estimate of drug-likeness (QED) is 0.598. The monoisotopic (exact) mass is 354 g/mol. The van der Waals surface area contributed by atoms with Crippen LogP contribution in [0.4, 0.5) is 5.69 Å². The highest BCUT2D eigenvalue weighted by Crippen LogP contribution is 2.25. The highest BCUT2D eigenvalue weighted by Gasteiger charge is 2.22. The largest absolute Gasteiger partial charge is 0.355 e. The van der Waals surface area contributed by atoms with Crippen LogP contribution in [0.25, 0.3) is 0 Å². The zero-order valence-corrected chi connectivity index (χ0v) is 14.3. The lowest BCUT2D eigenvalue weighted by Gasteiger charge is -2.21. The molecule has 0 aromatic heterocycles. The van der Waals surface area contributed by atoms with Gasteiger partial charge in [0.1, 0.15) is 5.75 Å². The fourth-order valence-corrected chi connectivity index (χ4v) is 4.19. The summed E-state index contributed by atoms with van der Waals surface area (Å²) in [5.74, 6) is -0.663. The number of hydrogen-bond acceptors (Lipinski definition) is 5. The first-order valence-corrected chi connectivity index (χ1v) is 9.77. The van der Waals surface area contributed by atoms with E-state index < -0.39 is 26.4 Å². The SMILES string of the molecule is O=C(CS(=O)(=O)c1cccc([N+](=O)[O-])c1)NCCC1CCCCC1. The van der Waals surface area contributed by atoms with Crippen LogP contribution in [0.3, 0.4) is 0 Å². The summed E-state index contributed by atoms with van der Waals surface area (Å²) in [5.41, 5.74) is -0.311. The standard InChI is InChI=1S/C16H22N2O5S/c19-16(17-10-9-13-5-2-1-3-6-13)12-24(22,23)15-8-4-7-14(11-15)18(20)21/h4,7-8,11,13H,1-3,5-6,9-10,12H2,(H,17,19). The van der Waals surface area contributed by atoms with Crippen molar-refractivity contribution in [3.05, 3.63) is 34.4 Å². The molecule has 1 aliphatic carbocycles. The van der Waals surface area contributed by atoms with Gasteiger partial charge in [-0.3, -0.25) is 14.9 Å². The molecule has 1 aliphatic rings. The number of nitro benzene ring substituents is 1. The Bertz CT molecular complexity index is 696. The van der Waals surface area contributed by atoms with Crippen LogP contribution >= 0.6 is 0 Å². The Hall–Kier alpha value is -1.96. The maximum atomic E-state index is 12.2. The Labute approximate surface area is 141 Å². The van der Waals surface area contributed by atoms with E-state index in [1.165, 1.54) is 50.3 Å². The second-order valence-corrected chi connectivity index (χ2v) is 8.15. The van der Waals surface area contributed by atoms with Gasteiger partial charge in [-0.25, -0.2) is 8.42 Å². The average Bonchev–Trinajstić information content (AvgIpc) is 2.55. The lowest BCUT2D eigenvalue weighted by atomic mass is 9.87. The molecule has 0 atom stereocenters. The minimum absolute atomic E-state index is 0.209. The van der Waals surface area contributed by atoms with E-state index in [1.54, 1.807) is 0 Å². The summed E-state index contributed by atoms with van der Waals surface area (Å²) in [6.07, 6.45) is 6.91. The van der Waals surface area contributed by atoms with Crippen LogP contribution in [0.15, 0.2) is 29.2 Å². The van der Waals surface area contributed by atoms with Crippen molar-refractivity contribution in [2.45, 2.75) is 43.4 Å².